The standard InChI is InChI=1S/C15H22FNO2/c1-11(18)12-6-5-7-13(16)14(12)17(2)10-15(19)8-3-4-9-15/h5-7,11,18-19H,3-4,8-10H2,1-2H3/t11-/m0/s1. The molecule has 2 rings (SSSR count). The van der Waals surface area contributed by atoms with E-state index in [1.54, 1.807) is 31.0 Å². The number of aliphatic hydroxyl groups is 2. The van der Waals surface area contributed by atoms with E-state index in [-0.39, 0.29) is 5.82 Å². The molecule has 0 saturated heterocycles. The van der Waals surface area contributed by atoms with Crippen LogP contribution in [0.15, 0.2) is 18.2 Å². The van der Waals surface area contributed by atoms with Gasteiger partial charge in [-0.1, -0.05) is 25.0 Å². The summed E-state index contributed by atoms with van der Waals surface area (Å²) in [5, 5.41) is 20.2. The maximum atomic E-state index is 14.0. The molecule has 1 atom stereocenters. The Bertz CT molecular complexity index is 442. The van der Waals surface area contributed by atoms with Crippen LogP contribution in [0.5, 0.6) is 0 Å². The van der Waals surface area contributed by atoms with Crippen LogP contribution in [-0.2, 0) is 0 Å². The monoisotopic (exact) mass is 267 g/mol. The first-order chi connectivity index (χ1) is 8.93. The van der Waals surface area contributed by atoms with Crippen molar-refractivity contribution in [3.05, 3.63) is 29.6 Å². The summed E-state index contributed by atoms with van der Waals surface area (Å²) in [6, 6.07) is 4.70. The number of para-hydroxylation sites is 1. The van der Waals surface area contributed by atoms with Gasteiger partial charge in [-0.2, -0.15) is 0 Å². The SMILES string of the molecule is C[C@H](O)c1cccc(F)c1N(C)CC1(O)CCCC1. The molecule has 1 aliphatic carbocycles. The fourth-order valence-electron chi connectivity index (χ4n) is 2.98. The summed E-state index contributed by atoms with van der Waals surface area (Å²) in [7, 11) is 1.76. The first kappa shape index (κ1) is 14.3. The Labute approximate surface area is 113 Å². The quantitative estimate of drug-likeness (QED) is 0.881. The molecule has 1 aromatic rings. The summed E-state index contributed by atoms with van der Waals surface area (Å²) in [5.41, 5.74) is 0.217. The van der Waals surface area contributed by atoms with Crippen LogP contribution < -0.4 is 4.90 Å². The van der Waals surface area contributed by atoms with Gasteiger partial charge in [-0.25, -0.2) is 4.39 Å². The van der Waals surface area contributed by atoms with Gasteiger partial charge in [0.1, 0.15) is 5.82 Å². The highest BCUT2D eigenvalue weighted by Gasteiger charge is 2.33. The molecule has 0 spiro atoms. The van der Waals surface area contributed by atoms with Crippen LogP contribution in [0.4, 0.5) is 10.1 Å². The van der Waals surface area contributed by atoms with Crippen molar-refractivity contribution in [1.82, 2.24) is 0 Å². The molecule has 2 N–H and O–H groups in total. The third kappa shape index (κ3) is 3.07. The lowest BCUT2D eigenvalue weighted by Crippen LogP contribution is -2.40. The Morgan fingerprint density at radius 3 is 2.58 bits per heavy atom. The molecule has 1 aliphatic rings. The zero-order chi connectivity index (χ0) is 14.0. The van der Waals surface area contributed by atoms with Gasteiger partial charge in [0.15, 0.2) is 0 Å². The molecule has 1 aromatic carbocycles. The van der Waals surface area contributed by atoms with Gasteiger partial charge in [-0.05, 0) is 25.8 Å². The van der Waals surface area contributed by atoms with E-state index in [0.717, 1.165) is 25.7 Å². The summed E-state index contributed by atoms with van der Waals surface area (Å²) >= 11 is 0. The molecular formula is C15H22FNO2. The van der Waals surface area contributed by atoms with Gasteiger partial charge < -0.3 is 15.1 Å². The number of likely N-dealkylation sites (N-methyl/N-ethyl adjacent to an activating group) is 1. The predicted molar refractivity (Wildman–Crippen MR) is 73.7 cm³/mol. The lowest BCUT2D eigenvalue weighted by Gasteiger charge is -2.31. The fourth-order valence-corrected chi connectivity index (χ4v) is 2.98. The Morgan fingerprint density at radius 2 is 2.00 bits per heavy atom. The summed E-state index contributed by atoms with van der Waals surface area (Å²) in [6.07, 6.45) is 2.83. The number of hydrogen-bond acceptors (Lipinski definition) is 3. The van der Waals surface area contributed by atoms with E-state index < -0.39 is 11.7 Å². The maximum Gasteiger partial charge on any atom is 0.146 e. The highest BCUT2D eigenvalue weighted by Crippen LogP contribution is 2.34. The first-order valence-corrected chi connectivity index (χ1v) is 6.83. The zero-order valence-corrected chi connectivity index (χ0v) is 11.6. The maximum absolute atomic E-state index is 14.0. The summed E-state index contributed by atoms with van der Waals surface area (Å²) in [6.45, 7) is 2.02. The van der Waals surface area contributed by atoms with Gasteiger partial charge in [0, 0.05) is 19.2 Å². The predicted octanol–water partition coefficient (Wildman–Crippen LogP) is 2.62. The number of anilines is 1. The number of benzene rings is 1. The van der Waals surface area contributed by atoms with Crippen LogP contribution in [0.1, 0.15) is 44.3 Å². The minimum atomic E-state index is -0.730. The number of hydrogen-bond donors (Lipinski definition) is 2. The van der Waals surface area contributed by atoms with Gasteiger partial charge in [0.25, 0.3) is 0 Å². The second-order valence-electron chi connectivity index (χ2n) is 5.64. The van der Waals surface area contributed by atoms with Gasteiger partial charge >= 0.3 is 0 Å². The Hall–Kier alpha value is -1.13. The van der Waals surface area contributed by atoms with Crippen molar-refractivity contribution >= 4 is 5.69 Å². The highest BCUT2D eigenvalue weighted by molar-refractivity contribution is 5.55. The molecular weight excluding hydrogens is 245 g/mol. The second kappa shape index (κ2) is 5.47. The lowest BCUT2D eigenvalue weighted by molar-refractivity contribution is 0.0557. The van der Waals surface area contributed by atoms with Gasteiger partial charge in [-0.3, -0.25) is 0 Å². The minimum absolute atomic E-state index is 0.359. The fraction of sp³-hybridized carbons (Fsp3) is 0.600. The summed E-state index contributed by atoms with van der Waals surface area (Å²) in [5.74, 6) is -0.359. The Morgan fingerprint density at radius 1 is 1.37 bits per heavy atom. The summed E-state index contributed by atoms with van der Waals surface area (Å²) < 4.78 is 14.0. The van der Waals surface area contributed by atoms with Gasteiger partial charge in [0.2, 0.25) is 0 Å². The van der Waals surface area contributed by atoms with E-state index in [0.29, 0.717) is 17.8 Å². The smallest absolute Gasteiger partial charge is 0.146 e. The molecule has 0 amide bonds. The molecule has 0 unspecified atom stereocenters. The first-order valence-electron chi connectivity index (χ1n) is 6.83. The Balaban J connectivity index is 2.25. The van der Waals surface area contributed by atoms with Crippen molar-refractivity contribution in [2.75, 3.05) is 18.5 Å². The Kier molecular flexibility index (Phi) is 4.11. The third-order valence-electron chi connectivity index (χ3n) is 3.92. The highest BCUT2D eigenvalue weighted by atomic mass is 19.1. The topological polar surface area (TPSA) is 43.7 Å². The molecule has 0 aliphatic heterocycles. The van der Waals surface area contributed by atoms with E-state index >= 15 is 0 Å². The lowest BCUT2D eigenvalue weighted by atomic mass is 10.0. The second-order valence-corrected chi connectivity index (χ2v) is 5.64. The van der Waals surface area contributed by atoms with Crippen LogP contribution in [0, 0.1) is 5.82 Å². The number of aliphatic hydroxyl groups excluding tert-OH is 1. The van der Waals surface area contributed by atoms with Crippen LogP contribution in [0.3, 0.4) is 0 Å². The van der Waals surface area contributed by atoms with E-state index in [4.69, 9.17) is 0 Å². The van der Waals surface area contributed by atoms with Crippen LogP contribution in [0.25, 0.3) is 0 Å². The van der Waals surface area contributed by atoms with Crippen molar-refractivity contribution in [2.45, 2.75) is 44.3 Å². The van der Waals surface area contributed by atoms with Crippen molar-refractivity contribution in [2.24, 2.45) is 0 Å². The van der Waals surface area contributed by atoms with Gasteiger partial charge in [0.05, 0.1) is 17.4 Å². The van der Waals surface area contributed by atoms with E-state index in [1.165, 1.54) is 6.07 Å². The zero-order valence-electron chi connectivity index (χ0n) is 11.6. The average Bonchev–Trinajstić information content (AvgIpc) is 2.74. The van der Waals surface area contributed by atoms with E-state index in [2.05, 4.69) is 0 Å². The number of rotatable bonds is 4. The van der Waals surface area contributed by atoms with Crippen LogP contribution in [0.2, 0.25) is 0 Å². The van der Waals surface area contributed by atoms with E-state index in [1.807, 2.05) is 0 Å². The van der Waals surface area contributed by atoms with Crippen LogP contribution in [-0.4, -0.2) is 29.4 Å². The molecule has 3 nitrogen and oxygen atoms in total. The van der Waals surface area contributed by atoms with Crippen molar-refractivity contribution in [3.8, 4) is 0 Å². The van der Waals surface area contributed by atoms with Crippen molar-refractivity contribution < 1.29 is 14.6 Å². The molecule has 106 valence electrons. The number of halogens is 1. The molecule has 0 heterocycles. The van der Waals surface area contributed by atoms with Crippen molar-refractivity contribution in [3.63, 3.8) is 0 Å². The number of nitrogens with zero attached hydrogens (tertiary/aromatic N) is 1. The van der Waals surface area contributed by atoms with Crippen LogP contribution >= 0.6 is 0 Å². The van der Waals surface area contributed by atoms with Gasteiger partial charge in [-0.15, -0.1) is 0 Å². The van der Waals surface area contributed by atoms with Crippen molar-refractivity contribution in [1.29, 1.82) is 0 Å². The summed E-state index contributed by atoms with van der Waals surface area (Å²) in [4.78, 5) is 1.72. The molecule has 0 aromatic heterocycles. The molecule has 1 fully saturated rings. The molecule has 0 radical (unpaired) electrons. The molecule has 19 heavy (non-hydrogen) atoms. The van der Waals surface area contributed by atoms with E-state index in [9.17, 15) is 14.6 Å². The third-order valence-corrected chi connectivity index (χ3v) is 3.92. The molecule has 0 bridgehead atoms. The largest absolute Gasteiger partial charge is 0.389 e. The normalized spacial score (nSPS) is 19.4. The minimum Gasteiger partial charge on any atom is -0.389 e. The molecule has 1 saturated carbocycles. The average molecular weight is 267 g/mol. The molecule has 4 heteroatoms.